The van der Waals surface area contributed by atoms with E-state index in [9.17, 15) is 0 Å². The molecule has 1 aliphatic heterocycles. The molecule has 1 saturated heterocycles. The molecule has 2 rings (SSSR count). The Bertz CT molecular complexity index is 373. The second-order valence-corrected chi connectivity index (χ2v) is 5.09. The fourth-order valence-electron chi connectivity index (χ4n) is 2.47. The second kappa shape index (κ2) is 7.39. The van der Waals surface area contributed by atoms with Gasteiger partial charge >= 0.3 is 0 Å². The van der Waals surface area contributed by atoms with Gasteiger partial charge in [-0.2, -0.15) is 0 Å². The van der Waals surface area contributed by atoms with Crippen molar-refractivity contribution in [1.29, 1.82) is 0 Å². The number of unbranched alkanes of at least 4 members (excludes halogenated alkanes) is 1. The summed E-state index contributed by atoms with van der Waals surface area (Å²) in [6, 6.07) is 8.45. The van der Waals surface area contributed by atoms with E-state index in [-0.39, 0.29) is 0 Å². The summed E-state index contributed by atoms with van der Waals surface area (Å²) in [6.07, 6.45) is 2.30. The van der Waals surface area contributed by atoms with Crippen molar-refractivity contribution >= 4 is 5.69 Å². The van der Waals surface area contributed by atoms with Crippen LogP contribution in [0.25, 0.3) is 0 Å². The van der Waals surface area contributed by atoms with Crippen LogP contribution < -0.4 is 9.64 Å². The van der Waals surface area contributed by atoms with Gasteiger partial charge in [0.05, 0.1) is 12.3 Å². The van der Waals surface area contributed by atoms with E-state index >= 15 is 0 Å². The molecule has 0 saturated carbocycles. The van der Waals surface area contributed by atoms with Crippen molar-refractivity contribution in [2.75, 3.05) is 44.2 Å². The number of rotatable bonds is 6. The van der Waals surface area contributed by atoms with Gasteiger partial charge in [-0.25, -0.2) is 0 Å². The van der Waals surface area contributed by atoms with Gasteiger partial charge in [0.1, 0.15) is 5.75 Å². The summed E-state index contributed by atoms with van der Waals surface area (Å²) in [5.41, 5.74) is 1.26. The Hall–Kier alpha value is -1.22. The average molecular weight is 262 g/mol. The summed E-state index contributed by atoms with van der Waals surface area (Å²) in [4.78, 5) is 4.95. The maximum absolute atomic E-state index is 5.93. The van der Waals surface area contributed by atoms with Gasteiger partial charge in [-0.05, 0) is 25.1 Å². The molecule has 1 aromatic rings. The Morgan fingerprint density at radius 2 is 1.79 bits per heavy atom. The number of benzene rings is 1. The molecule has 0 amide bonds. The van der Waals surface area contributed by atoms with Crippen molar-refractivity contribution in [3.05, 3.63) is 24.3 Å². The Kier molecular flexibility index (Phi) is 5.52. The fourth-order valence-corrected chi connectivity index (χ4v) is 2.47. The largest absolute Gasteiger partial charge is 0.491 e. The topological polar surface area (TPSA) is 15.7 Å². The summed E-state index contributed by atoms with van der Waals surface area (Å²) in [5.74, 6) is 1.04. The van der Waals surface area contributed by atoms with Crippen LogP contribution in [0.1, 0.15) is 26.7 Å². The molecule has 0 N–H and O–H groups in total. The van der Waals surface area contributed by atoms with Gasteiger partial charge in [0, 0.05) is 26.2 Å². The van der Waals surface area contributed by atoms with Gasteiger partial charge in [0.25, 0.3) is 0 Å². The van der Waals surface area contributed by atoms with E-state index in [1.54, 1.807) is 0 Å². The summed E-state index contributed by atoms with van der Waals surface area (Å²) < 4.78 is 5.93. The molecule has 0 radical (unpaired) electrons. The lowest BCUT2D eigenvalue weighted by atomic mass is 10.2. The Labute approximate surface area is 117 Å². The average Bonchev–Trinajstić information content (AvgIpc) is 2.48. The molecular weight excluding hydrogens is 236 g/mol. The van der Waals surface area contributed by atoms with Crippen LogP contribution in [0.2, 0.25) is 0 Å². The smallest absolute Gasteiger partial charge is 0.142 e. The van der Waals surface area contributed by atoms with Gasteiger partial charge in [-0.15, -0.1) is 0 Å². The fraction of sp³-hybridized carbons (Fsp3) is 0.625. The Balaban J connectivity index is 1.99. The number of para-hydroxylation sites is 2. The lowest BCUT2D eigenvalue weighted by molar-refractivity contribution is 0.268. The van der Waals surface area contributed by atoms with Crippen LogP contribution in [-0.2, 0) is 0 Å². The van der Waals surface area contributed by atoms with Crippen LogP contribution in [-0.4, -0.2) is 44.2 Å². The molecule has 3 heteroatoms. The predicted molar refractivity (Wildman–Crippen MR) is 81.2 cm³/mol. The Morgan fingerprint density at radius 3 is 2.47 bits per heavy atom. The van der Waals surface area contributed by atoms with E-state index in [4.69, 9.17) is 4.74 Å². The van der Waals surface area contributed by atoms with Gasteiger partial charge in [-0.3, -0.25) is 0 Å². The van der Waals surface area contributed by atoms with Crippen LogP contribution in [0.5, 0.6) is 5.75 Å². The number of piperazine rings is 1. The highest BCUT2D eigenvalue weighted by molar-refractivity contribution is 5.58. The van der Waals surface area contributed by atoms with Crippen molar-refractivity contribution in [2.24, 2.45) is 0 Å². The first-order chi connectivity index (χ1) is 9.35. The second-order valence-electron chi connectivity index (χ2n) is 5.09. The van der Waals surface area contributed by atoms with Crippen LogP contribution in [0.15, 0.2) is 24.3 Å². The number of hydrogen-bond acceptors (Lipinski definition) is 3. The van der Waals surface area contributed by atoms with Gasteiger partial charge in [-0.1, -0.05) is 32.4 Å². The van der Waals surface area contributed by atoms with Gasteiger partial charge < -0.3 is 14.5 Å². The summed E-state index contributed by atoms with van der Waals surface area (Å²) in [7, 11) is 0. The Morgan fingerprint density at radius 1 is 1.05 bits per heavy atom. The first kappa shape index (κ1) is 14.2. The maximum Gasteiger partial charge on any atom is 0.142 e. The summed E-state index contributed by atoms with van der Waals surface area (Å²) in [6.45, 7) is 10.9. The molecule has 0 bridgehead atoms. The third kappa shape index (κ3) is 3.87. The normalized spacial score (nSPS) is 16.6. The zero-order valence-corrected chi connectivity index (χ0v) is 12.3. The molecule has 0 atom stereocenters. The third-order valence-electron chi connectivity index (χ3n) is 3.78. The highest BCUT2D eigenvalue weighted by Gasteiger charge is 2.18. The van der Waals surface area contributed by atoms with Crippen LogP contribution in [0.3, 0.4) is 0 Å². The minimum absolute atomic E-state index is 0.822. The molecule has 0 spiro atoms. The number of hydrogen-bond donors (Lipinski definition) is 0. The molecule has 1 heterocycles. The highest BCUT2D eigenvalue weighted by Crippen LogP contribution is 2.28. The van der Waals surface area contributed by atoms with E-state index < -0.39 is 0 Å². The van der Waals surface area contributed by atoms with Crippen molar-refractivity contribution in [3.8, 4) is 5.75 Å². The first-order valence-corrected chi connectivity index (χ1v) is 7.54. The van der Waals surface area contributed by atoms with E-state index in [0.717, 1.165) is 51.5 Å². The van der Waals surface area contributed by atoms with E-state index in [1.165, 1.54) is 12.1 Å². The summed E-state index contributed by atoms with van der Waals surface area (Å²) >= 11 is 0. The minimum atomic E-state index is 0.822. The maximum atomic E-state index is 5.93. The molecule has 1 fully saturated rings. The summed E-state index contributed by atoms with van der Waals surface area (Å²) in [5, 5.41) is 0. The lowest BCUT2D eigenvalue weighted by Crippen LogP contribution is -2.46. The standard InChI is InChI=1S/C16H26N2O/c1-3-5-14-19-16-9-7-6-8-15(16)18-12-10-17(4-2)11-13-18/h6-9H,3-5,10-14H2,1-2H3. The lowest BCUT2D eigenvalue weighted by Gasteiger charge is -2.36. The van der Waals surface area contributed by atoms with E-state index in [2.05, 4.69) is 47.9 Å². The van der Waals surface area contributed by atoms with Crippen molar-refractivity contribution in [1.82, 2.24) is 4.90 Å². The molecule has 106 valence electrons. The van der Waals surface area contributed by atoms with Crippen LogP contribution >= 0.6 is 0 Å². The van der Waals surface area contributed by atoms with Crippen molar-refractivity contribution in [2.45, 2.75) is 26.7 Å². The SMILES string of the molecule is CCCCOc1ccccc1N1CCN(CC)CC1. The molecule has 0 unspecified atom stereocenters. The molecule has 1 aliphatic rings. The van der Waals surface area contributed by atoms with Gasteiger partial charge in [0.2, 0.25) is 0 Å². The molecule has 3 nitrogen and oxygen atoms in total. The quantitative estimate of drug-likeness (QED) is 0.733. The van der Waals surface area contributed by atoms with E-state index in [1.807, 2.05) is 0 Å². The molecule has 0 aromatic heterocycles. The van der Waals surface area contributed by atoms with Gasteiger partial charge in [0.15, 0.2) is 0 Å². The van der Waals surface area contributed by atoms with Crippen LogP contribution in [0, 0.1) is 0 Å². The number of likely N-dealkylation sites (N-methyl/N-ethyl adjacent to an activating group) is 1. The monoisotopic (exact) mass is 262 g/mol. The van der Waals surface area contributed by atoms with Crippen molar-refractivity contribution < 1.29 is 4.74 Å². The molecule has 19 heavy (non-hydrogen) atoms. The van der Waals surface area contributed by atoms with Crippen molar-refractivity contribution in [3.63, 3.8) is 0 Å². The molecular formula is C16H26N2O. The molecule has 1 aromatic carbocycles. The number of anilines is 1. The molecule has 0 aliphatic carbocycles. The number of nitrogens with zero attached hydrogens (tertiary/aromatic N) is 2. The highest BCUT2D eigenvalue weighted by atomic mass is 16.5. The zero-order valence-electron chi connectivity index (χ0n) is 12.3. The van der Waals surface area contributed by atoms with Crippen LogP contribution in [0.4, 0.5) is 5.69 Å². The predicted octanol–water partition coefficient (Wildman–Crippen LogP) is 3.01. The van der Waals surface area contributed by atoms with E-state index in [0.29, 0.717) is 0 Å². The first-order valence-electron chi connectivity index (χ1n) is 7.54. The number of ether oxygens (including phenoxy) is 1. The third-order valence-corrected chi connectivity index (χ3v) is 3.78. The zero-order chi connectivity index (χ0) is 13.5. The minimum Gasteiger partial charge on any atom is -0.491 e.